The fourth-order valence-corrected chi connectivity index (χ4v) is 2.34. The van der Waals surface area contributed by atoms with Gasteiger partial charge in [0.25, 0.3) is 11.6 Å². The number of aliphatic hydroxyl groups is 1. The summed E-state index contributed by atoms with van der Waals surface area (Å²) in [5.41, 5.74) is -5.11. The molecule has 2 N–H and O–H groups in total. The highest BCUT2D eigenvalue weighted by Crippen LogP contribution is 2.37. The maximum absolute atomic E-state index is 13.0. The summed E-state index contributed by atoms with van der Waals surface area (Å²) >= 11 is 4.12. The Hall–Kier alpha value is -2.79. The molecule has 2 rings (SSSR count). The first-order valence-electron chi connectivity index (χ1n) is 7.71. The lowest BCUT2D eigenvalue weighted by atomic mass is 10.1. The number of rotatable bonds is 6. The van der Waals surface area contributed by atoms with Gasteiger partial charge in [0.1, 0.15) is 17.9 Å². The van der Waals surface area contributed by atoms with Crippen LogP contribution in [0.1, 0.15) is 12.5 Å². The summed E-state index contributed by atoms with van der Waals surface area (Å²) in [5, 5.41) is 23.1. The van der Waals surface area contributed by atoms with Gasteiger partial charge >= 0.3 is 6.18 Å². The minimum absolute atomic E-state index is 0.329. The molecule has 0 spiro atoms. The monoisotopic (exact) mass is 416 g/mol. The van der Waals surface area contributed by atoms with Gasteiger partial charge in [-0.2, -0.15) is 13.2 Å². The number of amides is 1. The number of hydrogen-bond donors (Lipinski definition) is 3. The van der Waals surface area contributed by atoms with Gasteiger partial charge in [-0.15, -0.1) is 12.6 Å². The number of anilines is 1. The molecule has 0 bridgehead atoms. The zero-order valence-electron chi connectivity index (χ0n) is 14.4. The van der Waals surface area contributed by atoms with E-state index in [-0.39, 0.29) is 5.69 Å². The number of benzene rings is 2. The molecule has 0 aliphatic heterocycles. The normalized spacial score (nSPS) is 13.5. The average Bonchev–Trinajstić information content (AvgIpc) is 2.59. The van der Waals surface area contributed by atoms with E-state index in [0.29, 0.717) is 22.8 Å². The molecule has 0 radical (unpaired) electrons. The fourth-order valence-electron chi connectivity index (χ4n) is 2.13. The Morgan fingerprint density at radius 1 is 1.29 bits per heavy atom. The molecule has 1 unspecified atom stereocenters. The van der Waals surface area contributed by atoms with Crippen molar-refractivity contribution in [1.29, 1.82) is 0 Å². The molecule has 7 nitrogen and oxygen atoms in total. The highest BCUT2D eigenvalue weighted by Gasteiger charge is 2.39. The fraction of sp³-hybridized carbons (Fsp3) is 0.235. The van der Waals surface area contributed by atoms with E-state index in [1.807, 2.05) is 0 Å². The van der Waals surface area contributed by atoms with E-state index >= 15 is 0 Å². The van der Waals surface area contributed by atoms with Gasteiger partial charge in [0.2, 0.25) is 0 Å². The Morgan fingerprint density at radius 3 is 2.54 bits per heavy atom. The maximum Gasteiger partial charge on any atom is 0.423 e. The van der Waals surface area contributed by atoms with Crippen molar-refractivity contribution in [2.24, 2.45) is 0 Å². The topological polar surface area (TPSA) is 102 Å². The van der Waals surface area contributed by atoms with Crippen LogP contribution in [0, 0.1) is 10.1 Å². The van der Waals surface area contributed by atoms with Crippen LogP contribution in [0.4, 0.5) is 24.5 Å². The second-order valence-electron chi connectivity index (χ2n) is 6.00. The van der Waals surface area contributed by atoms with Gasteiger partial charge in [-0.25, -0.2) is 0 Å². The van der Waals surface area contributed by atoms with Crippen molar-refractivity contribution in [3.8, 4) is 5.75 Å². The molecule has 28 heavy (non-hydrogen) atoms. The number of nitrogens with one attached hydrogen (secondary N) is 1. The third-order valence-electron chi connectivity index (χ3n) is 3.58. The lowest BCUT2D eigenvalue weighted by Crippen LogP contribution is -2.45. The van der Waals surface area contributed by atoms with Crippen molar-refractivity contribution >= 4 is 29.9 Å². The van der Waals surface area contributed by atoms with Gasteiger partial charge in [-0.05, 0) is 37.3 Å². The molecule has 0 saturated heterocycles. The molecule has 0 saturated carbocycles. The SMILES string of the molecule is CC(O)(COc1cccc(S)c1)C(=O)Nc1ccc([N+](=O)[O-])c(C(F)(F)F)c1. The number of carbonyl (C=O) groups is 1. The Kier molecular flexibility index (Phi) is 6.20. The summed E-state index contributed by atoms with van der Waals surface area (Å²) in [6.07, 6.45) is -4.99. The number of hydrogen-bond acceptors (Lipinski definition) is 6. The summed E-state index contributed by atoms with van der Waals surface area (Å²) in [6.45, 7) is 0.623. The lowest BCUT2D eigenvalue weighted by molar-refractivity contribution is -0.388. The average molecular weight is 416 g/mol. The minimum Gasteiger partial charge on any atom is -0.490 e. The third kappa shape index (κ3) is 5.36. The molecule has 1 atom stereocenters. The smallest absolute Gasteiger partial charge is 0.423 e. The van der Waals surface area contributed by atoms with Crippen LogP contribution in [0.15, 0.2) is 47.4 Å². The summed E-state index contributed by atoms with van der Waals surface area (Å²) < 4.78 is 44.3. The number of halogens is 3. The summed E-state index contributed by atoms with van der Waals surface area (Å²) in [5.74, 6) is -0.716. The van der Waals surface area contributed by atoms with Crippen molar-refractivity contribution in [3.63, 3.8) is 0 Å². The Bertz CT molecular complexity index is 903. The molecule has 0 heterocycles. The quantitative estimate of drug-likeness (QED) is 0.379. The number of nitro groups is 1. The predicted molar refractivity (Wildman–Crippen MR) is 96.5 cm³/mol. The van der Waals surface area contributed by atoms with Crippen molar-refractivity contribution < 1.29 is 32.7 Å². The molecular weight excluding hydrogens is 401 g/mol. The zero-order chi connectivity index (χ0) is 21.1. The van der Waals surface area contributed by atoms with Gasteiger partial charge < -0.3 is 15.2 Å². The number of nitrogens with zero attached hydrogens (tertiary/aromatic N) is 1. The molecule has 11 heteroatoms. The number of nitro benzene ring substituents is 1. The van der Waals surface area contributed by atoms with Crippen LogP contribution in [0.25, 0.3) is 0 Å². The number of thiol groups is 1. The standard InChI is InChI=1S/C17H15F3N2O5S/c1-16(24,9-27-11-3-2-4-12(28)8-11)15(23)21-10-5-6-14(22(25)26)13(7-10)17(18,19)20/h2-8,24,28H,9H2,1H3,(H,21,23). The summed E-state index contributed by atoms with van der Waals surface area (Å²) in [7, 11) is 0. The molecule has 0 aromatic heterocycles. The first-order chi connectivity index (χ1) is 12.9. The molecule has 0 fully saturated rings. The largest absolute Gasteiger partial charge is 0.490 e. The van der Waals surface area contributed by atoms with E-state index in [2.05, 4.69) is 17.9 Å². The van der Waals surface area contributed by atoms with Crippen LogP contribution < -0.4 is 10.1 Å². The highest BCUT2D eigenvalue weighted by atomic mass is 32.1. The van der Waals surface area contributed by atoms with Crippen molar-refractivity contribution in [2.45, 2.75) is 23.6 Å². The van der Waals surface area contributed by atoms with Crippen molar-refractivity contribution in [3.05, 3.63) is 58.1 Å². The second kappa shape index (κ2) is 8.07. The van der Waals surface area contributed by atoms with E-state index in [1.165, 1.54) is 0 Å². The summed E-state index contributed by atoms with van der Waals surface area (Å²) in [6, 6.07) is 8.43. The first kappa shape index (κ1) is 21.5. The van der Waals surface area contributed by atoms with Gasteiger partial charge in [-0.1, -0.05) is 6.07 Å². The van der Waals surface area contributed by atoms with Crippen LogP contribution in [0.3, 0.4) is 0 Å². The van der Waals surface area contributed by atoms with Gasteiger partial charge in [0, 0.05) is 16.6 Å². The molecule has 0 aliphatic rings. The van der Waals surface area contributed by atoms with Gasteiger partial charge in [-0.3, -0.25) is 14.9 Å². The van der Waals surface area contributed by atoms with Crippen molar-refractivity contribution in [1.82, 2.24) is 0 Å². The van der Waals surface area contributed by atoms with E-state index in [4.69, 9.17) is 4.74 Å². The van der Waals surface area contributed by atoms with E-state index in [9.17, 15) is 33.2 Å². The molecular formula is C17H15F3N2O5S. The second-order valence-corrected chi connectivity index (χ2v) is 6.52. The van der Waals surface area contributed by atoms with Crippen LogP contribution in [0.2, 0.25) is 0 Å². The molecule has 1 amide bonds. The number of ether oxygens (including phenoxy) is 1. The third-order valence-corrected chi connectivity index (χ3v) is 3.86. The van der Waals surface area contributed by atoms with Crippen molar-refractivity contribution in [2.75, 3.05) is 11.9 Å². The first-order valence-corrected chi connectivity index (χ1v) is 8.16. The van der Waals surface area contributed by atoms with Crippen LogP contribution in [0.5, 0.6) is 5.75 Å². The van der Waals surface area contributed by atoms with Gasteiger partial charge in [0.15, 0.2) is 5.60 Å². The highest BCUT2D eigenvalue weighted by molar-refractivity contribution is 7.80. The van der Waals surface area contributed by atoms with Gasteiger partial charge in [0.05, 0.1) is 4.92 Å². The zero-order valence-corrected chi connectivity index (χ0v) is 15.3. The van der Waals surface area contributed by atoms with E-state index in [0.717, 1.165) is 13.0 Å². The number of carbonyl (C=O) groups excluding carboxylic acids is 1. The van der Waals surface area contributed by atoms with Crippen LogP contribution >= 0.6 is 12.6 Å². The maximum atomic E-state index is 13.0. The van der Waals surface area contributed by atoms with E-state index < -0.39 is 40.5 Å². The Labute approximate surface area is 162 Å². The molecule has 0 aliphatic carbocycles. The predicted octanol–water partition coefficient (Wildman–Crippen LogP) is 3.67. The Balaban J connectivity index is 2.15. The summed E-state index contributed by atoms with van der Waals surface area (Å²) in [4.78, 5) is 22.4. The van der Waals surface area contributed by atoms with Crippen LogP contribution in [-0.4, -0.2) is 28.1 Å². The van der Waals surface area contributed by atoms with Crippen LogP contribution in [-0.2, 0) is 11.0 Å². The minimum atomic E-state index is -4.99. The molecule has 150 valence electrons. The number of alkyl halides is 3. The lowest BCUT2D eigenvalue weighted by Gasteiger charge is -2.23. The molecule has 2 aromatic rings. The Morgan fingerprint density at radius 2 is 1.96 bits per heavy atom. The molecule has 2 aromatic carbocycles. The van der Waals surface area contributed by atoms with E-state index in [1.54, 1.807) is 24.3 Å².